The number of carbonyl (C=O) groups excluding carboxylic acids is 2. The maximum atomic E-state index is 16.1. The Morgan fingerprint density at radius 1 is 0.512 bits per heavy atom. The van der Waals surface area contributed by atoms with Crippen LogP contribution in [0.5, 0.6) is 17.2 Å². The molecule has 3 aliphatic rings. The number of hydrogen-bond acceptors (Lipinski definition) is 12. The van der Waals surface area contributed by atoms with Crippen molar-refractivity contribution in [3.05, 3.63) is 221 Å². The summed E-state index contributed by atoms with van der Waals surface area (Å²) < 4.78 is 35.7. The third kappa shape index (κ3) is 11.5. The van der Waals surface area contributed by atoms with Gasteiger partial charge in [0.2, 0.25) is 0 Å². The number of hydrogen-bond donors (Lipinski definition) is 9. The van der Waals surface area contributed by atoms with Gasteiger partial charge in [0.15, 0.2) is 0 Å². The summed E-state index contributed by atoms with van der Waals surface area (Å²) in [6.45, 7) is -0.575. The number of para-hydroxylation sites is 1. The van der Waals surface area contributed by atoms with E-state index < -0.39 is 91.2 Å². The number of phenolic OH excluding ortho intramolecular Hbond substituents is 3. The Kier molecular flexibility index (Phi) is 17.0. The minimum atomic E-state index is -1.56. The van der Waals surface area contributed by atoms with Crippen molar-refractivity contribution in [1.82, 2.24) is 9.80 Å². The number of ether oxygens (including phenoxy) is 1. The van der Waals surface area contributed by atoms with E-state index in [0.717, 1.165) is 0 Å². The molecule has 0 bridgehead atoms. The van der Waals surface area contributed by atoms with Crippen LogP contribution in [0.2, 0.25) is 0 Å². The Balaban J connectivity index is 0.850. The average Bonchev–Trinajstić information content (AvgIpc) is 1.87. The van der Waals surface area contributed by atoms with Gasteiger partial charge in [0.1, 0.15) is 59.4 Å². The summed E-state index contributed by atoms with van der Waals surface area (Å²) in [6, 6.07) is 46.0. The highest BCUT2D eigenvalue weighted by Gasteiger charge is 2.49. The molecule has 8 aromatic carbocycles. The molecule has 11 atom stereocenters. The molecule has 444 valence electrons. The van der Waals surface area contributed by atoms with Crippen LogP contribution < -0.4 is 9.80 Å². The van der Waals surface area contributed by atoms with Gasteiger partial charge in [0.25, 0.3) is 0 Å². The molecule has 3 saturated heterocycles. The van der Waals surface area contributed by atoms with Crippen LogP contribution in [0.3, 0.4) is 0 Å². The number of likely N-dealkylation sites (N-methyl/N-ethyl adjacent to an activating group) is 2. The van der Waals surface area contributed by atoms with Crippen molar-refractivity contribution in [2.45, 2.75) is 92.6 Å². The number of anilines is 2. The summed E-state index contributed by atoms with van der Waals surface area (Å²) in [7, 11) is 3.32. The van der Waals surface area contributed by atoms with E-state index in [4.69, 9.17) is 4.74 Å². The van der Waals surface area contributed by atoms with Gasteiger partial charge in [-0.1, -0.05) is 109 Å². The maximum absolute atomic E-state index is 16.1. The largest absolute Gasteiger partial charge is 0.508 e. The molecule has 3 heterocycles. The van der Waals surface area contributed by atoms with Crippen molar-refractivity contribution in [2.75, 3.05) is 30.5 Å². The normalized spacial score (nSPS) is 23.1. The van der Waals surface area contributed by atoms with Gasteiger partial charge >= 0.3 is 12.1 Å². The highest BCUT2D eigenvalue weighted by atomic mass is 19.1. The first-order valence-corrected chi connectivity index (χ1v) is 28.4. The first kappa shape index (κ1) is 59.0. The number of halogens is 2. The van der Waals surface area contributed by atoms with Gasteiger partial charge in [-0.05, 0) is 143 Å². The molecular formula is C68H66F2N4O12. The molecular weight excluding hydrogens is 1100 g/mol. The predicted molar refractivity (Wildman–Crippen MR) is 319 cm³/mol. The standard InChI is InChI=1S/C68H66F2N4O12/c1-71-55(61(73(67(71)84)47-8-4-3-5-9-47)51-27-20-44(36-59(51)80)42-7-6-10-49(76)33-42)30-32-57(78)45-21-28-53(70)52(34-45)39-17-24-48(25-18-39)74-62(54(72(2)68(74)85)29-31-56(77)40-15-22-46(69)23-16-40)50-26-19-43(35-58(50)79)38-11-13-41(14-12-38)66-65(83)64(82)63(81)60(37-75)86-66/h3-28,33-36,54-57,60-66,75-83H,29-32,37H2,1-2H3/t54?,55-,56?,57-,60?,61+,62?,63?,64?,65?,66?/m0/s1. The molecule has 3 aliphatic heterocycles. The van der Waals surface area contributed by atoms with Crippen LogP contribution in [-0.2, 0) is 4.74 Å². The average molecular weight is 1170 g/mol. The predicted octanol–water partition coefficient (Wildman–Crippen LogP) is 10.6. The molecule has 3 fully saturated rings. The van der Waals surface area contributed by atoms with Gasteiger partial charge < -0.3 is 60.5 Å². The summed E-state index contributed by atoms with van der Waals surface area (Å²) in [5.41, 5.74) is 6.48. The summed E-state index contributed by atoms with van der Waals surface area (Å²) >= 11 is 0. The molecule has 9 N–H and O–H groups in total. The molecule has 8 aromatic rings. The third-order valence-corrected chi connectivity index (χ3v) is 17.2. The van der Waals surface area contributed by atoms with E-state index in [-0.39, 0.29) is 54.5 Å². The van der Waals surface area contributed by atoms with E-state index >= 15 is 4.39 Å². The van der Waals surface area contributed by atoms with Crippen molar-refractivity contribution in [2.24, 2.45) is 0 Å². The van der Waals surface area contributed by atoms with E-state index in [9.17, 15) is 59.9 Å². The zero-order valence-corrected chi connectivity index (χ0v) is 47.0. The second-order valence-electron chi connectivity index (χ2n) is 22.4. The van der Waals surface area contributed by atoms with Gasteiger partial charge in [-0.2, -0.15) is 0 Å². The summed E-state index contributed by atoms with van der Waals surface area (Å²) in [6.07, 6.45) is -7.97. The summed E-state index contributed by atoms with van der Waals surface area (Å²) in [4.78, 5) is 35.1. The highest BCUT2D eigenvalue weighted by Crippen LogP contribution is 2.48. The molecule has 0 spiro atoms. The van der Waals surface area contributed by atoms with Crippen LogP contribution in [0.15, 0.2) is 182 Å². The van der Waals surface area contributed by atoms with Crippen LogP contribution in [0.1, 0.15) is 83.9 Å². The zero-order chi connectivity index (χ0) is 60.7. The van der Waals surface area contributed by atoms with Crippen LogP contribution in [0.25, 0.3) is 33.4 Å². The Morgan fingerprint density at radius 2 is 1.02 bits per heavy atom. The fourth-order valence-electron chi connectivity index (χ4n) is 12.5. The molecule has 0 radical (unpaired) electrons. The van der Waals surface area contributed by atoms with Gasteiger partial charge in [-0.25, -0.2) is 18.4 Å². The molecule has 4 amide bonds. The second-order valence-corrected chi connectivity index (χ2v) is 22.4. The molecule has 16 nitrogen and oxygen atoms in total. The fourth-order valence-corrected chi connectivity index (χ4v) is 12.5. The lowest BCUT2D eigenvalue weighted by Crippen LogP contribution is -2.55. The molecule has 0 saturated carbocycles. The Bertz CT molecular complexity index is 3730. The van der Waals surface area contributed by atoms with Gasteiger partial charge in [0, 0.05) is 42.2 Å². The number of urea groups is 2. The molecule has 86 heavy (non-hydrogen) atoms. The van der Waals surface area contributed by atoms with E-state index in [1.54, 1.807) is 137 Å². The smallest absolute Gasteiger partial charge is 0.325 e. The molecule has 8 unspecified atom stereocenters. The third-order valence-electron chi connectivity index (χ3n) is 17.2. The van der Waals surface area contributed by atoms with Gasteiger partial charge in [0.05, 0.1) is 43.0 Å². The van der Waals surface area contributed by atoms with Crippen molar-refractivity contribution in [3.8, 4) is 50.6 Å². The van der Waals surface area contributed by atoms with Crippen LogP contribution in [-0.4, -0.2) is 125 Å². The maximum Gasteiger partial charge on any atom is 0.325 e. The lowest BCUT2D eigenvalue weighted by atomic mass is 9.89. The van der Waals surface area contributed by atoms with E-state index in [0.29, 0.717) is 67.0 Å². The monoisotopic (exact) mass is 1170 g/mol. The van der Waals surface area contributed by atoms with Gasteiger partial charge in [-0.15, -0.1) is 0 Å². The summed E-state index contributed by atoms with van der Waals surface area (Å²) in [5, 5.41) is 98.2. The number of nitrogens with zero attached hydrogens (tertiary/aromatic N) is 4. The molecule has 0 aliphatic carbocycles. The van der Waals surface area contributed by atoms with E-state index in [1.807, 2.05) is 42.5 Å². The fraction of sp³-hybridized carbons (Fsp3) is 0.265. The van der Waals surface area contributed by atoms with Gasteiger partial charge in [-0.3, -0.25) is 9.80 Å². The lowest BCUT2D eigenvalue weighted by molar-refractivity contribution is -0.231. The van der Waals surface area contributed by atoms with Crippen molar-refractivity contribution < 1.29 is 69.1 Å². The number of aliphatic hydroxyl groups is 6. The topological polar surface area (TPSA) is 238 Å². The quantitative estimate of drug-likeness (QED) is 0.0414. The van der Waals surface area contributed by atoms with Crippen LogP contribution >= 0.6 is 0 Å². The van der Waals surface area contributed by atoms with E-state index in [2.05, 4.69) is 0 Å². The number of aromatic hydroxyl groups is 3. The number of rotatable bonds is 17. The van der Waals surface area contributed by atoms with Crippen molar-refractivity contribution >= 4 is 23.4 Å². The minimum Gasteiger partial charge on any atom is -0.508 e. The number of aliphatic hydroxyl groups excluding tert-OH is 6. The van der Waals surface area contributed by atoms with Crippen molar-refractivity contribution in [1.29, 1.82) is 0 Å². The Hall–Kier alpha value is -8.72. The first-order valence-electron chi connectivity index (χ1n) is 28.4. The molecule has 11 rings (SSSR count). The summed E-state index contributed by atoms with van der Waals surface area (Å²) in [5.74, 6) is -1.15. The zero-order valence-electron chi connectivity index (χ0n) is 47.0. The second kappa shape index (κ2) is 24.7. The SMILES string of the molecule is CN1C(=O)N(c2ccc(-c3cc([C@@H](O)CC[C@H]4[C@@H](c5ccc(-c6cccc(O)c6)cc5O)N(c5ccccc5)C(=O)N4C)ccc3F)cc2)C(c2ccc(-c3ccc(C4OC(CO)C(O)C(O)C4O)cc3)cc2O)C1CCC(O)c1ccc(F)cc1. The number of benzene rings is 8. The van der Waals surface area contributed by atoms with Crippen molar-refractivity contribution in [3.63, 3.8) is 0 Å². The number of phenols is 3. The lowest BCUT2D eigenvalue weighted by Gasteiger charge is -2.40. The number of carbonyl (C=O) groups is 2. The van der Waals surface area contributed by atoms with E-state index in [1.165, 1.54) is 36.4 Å². The van der Waals surface area contributed by atoms with Crippen LogP contribution in [0, 0.1) is 11.6 Å². The first-order chi connectivity index (χ1) is 41.4. The molecule has 0 aromatic heterocycles. The molecule has 18 heteroatoms. The highest BCUT2D eigenvalue weighted by molar-refractivity contribution is 5.97. The Labute approximate surface area is 495 Å². The minimum absolute atomic E-state index is 0.0537. The Morgan fingerprint density at radius 3 is 1.58 bits per heavy atom. The number of amides is 4. The van der Waals surface area contributed by atoms with Crippen LogP contribution in [0.4, 0.5) is 29.7 Å².